The molecule has 0 spiro atoms. The second kappa shape index (κ2) is 9.95. The number of imidazole rings is 1. The molecule has 5 rings (SSSR count). The topological polar surface area (TPSA) is 87.6 Å². The Hall–Kier alpha value is -4.59. The van der Waals surface area contributed by atoms with Crippen LogP contribution in [0.15, 0.2) is 96.2 Å². The Bertz CT molecular complexity index is 1530. The normalized spacial score (nSPS) is 11.2. The van der Waals surface area contributed by atoms with Crippen molar-refractivity contribution >= 4 is 5.91 Å². The van der Waals surface area contributed by atoms with Gasteiger partial charge in [-0.05, 0) is 52.1 Å². The molecule has 0 saturated carbocycles. The van der Waals surface area contributed by atoms with Crippen molar-refractivity contribution in [3.8, 4) is 16.8 Å². The van der Waals surface area contributed by atoms with Crippen LogP contribution in [-0.2, 0) is 13.0 Å². The Morgan fingerprint density at radius 1 is 0.917 bits per heavy atom. The molecule has 0 N–H and O–H groups in total. The van der Waals surface area contributed by atoms with Gasteiger partial charge in [-0.3, -0.25) is 9.36 Å². The van der Waals surface area contributed by atoms with E-state index in [1.165, 1.54) is 4.57 Å². The van der Waals surface area contributed by atoms with Gasteiger partial charge >= 0.3 is 5.69 Å². The Kier molecular flexibility index (Phi) is 6.40. The molecule has 0 atom stereocenters. The number of tetrazole rings is 1. The summed E-state index contributed by atoms with van der Waals surface area (Å²) >= 11 is 0. The number of nitrogens with zero attached hydrogens (tertiary/aromatic N) is 6. The molecule has 0 saturated heterocycles. The first kappa shape index (κ1) is 23.2. The quantitative estimate of drug-likeness (QED) is 0.349. The largest absolute Gasteiger partial charge is 0.335 e. The lowest BCUT2D eigenvalue weighted by molar-refractivity contribution is 0.0955. The Morgan fingerprint density at radius 3 is 2.33 bits per heavy atom. The van der Waals surface area contributed by atoms with Crippen LogP contribution < -0.4 is 5.69 Å². The van der Waals surface area contributed by atoms with Gasteiger partial charge in [-0.25, -0.2) is 9.36 Å². The fourth-order valence-electron chi connectivity index (χ4n) is 4.30. The molecule has 0 aliphatic carbocycles. The maximum absolute atomic E-state index is 13.3. The standard InChI is InChI=1S/C28H26N6O2/c1-20(2)16-24-18-33(27(35)23-8-4-3-5-9-23)28(36)32(24)17-21-12-14-22(15-13-21)25-10-6-7-11-26(25)34-19-29-30-31-34/h3-15,18-20H,16-17H2,1-2H3. The molecule has 3 aromatic carbocycles. The molecule has 2 heterocycles. The number of benzene rings is 3. The highest BCUT2D eigenvalue weighted by atomic mass is 16.2. The number of rotatable bonds is 7. The van der Waals surface area contributed by atoms with Crippen LogP contribution in [0.3, 0.4) is 0 Å². The zero-order chi connectivity index (χ0) is 25.1. The van der Waals surface area contributed by atoms with E-state index in [2.05, 4.69) is 29.4 Å². The maximum atomic E-state index is 13.3. The lowest BCUT2D eigenvalue weighted by Gasteiger charge is -2.11. The van der Waals surface area contributed by atoms with Gasteiger partial charge < -0.3 is 0 Å². The molecular formula is C28H26N6O2. The first-order valence-electron chi connectivity index (χ1n) is 11.8. The summed E-state index contributed by atoms with van der Waals surface area (Å²) in [6, 6.07) is 24.8. The van der Waals surface area contributed by atoms with Gasteiger partial charge in [0.1, 0.15) is 6.33 Å². The van der Waals surface area contributed by atoms with E-state index in [-0.39, 0.29) is 11.6 Å². The van der Waals surface area contributed by atoms with Gasteiger partial charge in [0.2, 0.25) is 0 Å². The number of aromatic nitrogens is 6. The van der Waals surface area contributed by atoms with Crippen LogP contribution >= 0.6 is 0 Å². The molecule has 8 nitrogen and oxygen atoms in total. The number of carbonyl (C=O) groups excluding carboxylic acids is 1. The van der Waals surface area contributed by atoms with Crippen LogP contribution in [0.25, 0.3) is 16.8 Å². The lowest BCUT2D eigenvalue weighted by atomic mass is 10.0. The number of carbonyl (C=O) groups is 1. The molecule has 0 unspecified atom stereocenters. The molecule has 0 radical (unpaired) electrons. The van der Waals surface area contributed by atoms with E-state index in [0.29, 0.717) is 24.4 Å². The fraction of sp³-hybridized carbons (Fsp3) is 0.179. The first-order chi connectivity index (χ1) is 17.5. The highest BCUT2D eigenvalue weighted by Gasteiger charge is 2.18. The zero-order valence-corrected chi connectivity index (χ0v) is 20.2. The van der Waals surface area contributed by atoms with Crippen molar-refractivity contribution in [1.29, 1.82) is 0 Å². The molecule has 0 fully saturated rings. The van der Waals surface area contributed by atoms with E-state index in [9.17, 15) is 9.59 Å². The van der Waals surface area contributed by atoms with E-state index >= 15 is 0 Å². The Morgan fingerprint density at radius 2 is 1.64 bits per heavy atom. The minimum Gasteiger partial charge on any atom is -0.292 e. The van der Waals surface area contributed by atoms with Gasteiger partial charge in [0.15, 0.2) is 0 Å². The second-order valence-electron chi connectivity index (χ2n) is 9.10. The van der Waals surface area contributed by atoms with Crippen molar-refractivity contribution in [1.82, 2.24) is 29.3 Å². The summed E-state index contributed by atoms with van der Waals surface area (Å²) in [5.41, 5.74) is 4.85. The van der Waals surface area contributed by atoms with Crippen LogP contribution in [0.5, 0.6) is 0 Å². The molecule has 0 aliphatic heterocycles. The van der Waals surface area contributed by atoms with Gasteiger partial charge in [0.05, 0.1) is 12.2 Å². The summed E-state index contributed by atoms with van der Waals surface area (Å²) in [6.07, 6.45) is 3.95. The SMILES string of the molecule is CC(C)Cc1cn(C(=O)c2ccccc2)c(=O)n1Cc1ccc(-c2ccccc2-n2cnnn2)cc1. The minimum atomic E-state index is -0.326. The van der Waals surface area contributed by atoms with E-state index < -0.39 is 0 Å². The molecule has 0 aliphatic rings. The van der Waals surface area contributed by atoms with Crippen molar-refractivity contribution < 1.29 is 4.79 Å². The van der Waals surface area contributed by atoms with E-state index in [1.54, 1.807) is 46.0 Å². The summed E-state index contributed by atoms with van der Waals surface area (Å²) in [5, 5.41) is 11.5. The summed E-state index contributed by atoms with van der Waals surface area (Å²) in [5.74, 6) is 0.0161. The van der Waals surface area contributed by atoms with Gasteiger partial charge in [-0.1, -0.05) is 74.5 Å². The predicted molar refractivity (Wildman–Crippen MR) is 137 cm³/mol. The monoisotopic (exact) mass is 478 g/mol. The second-order valence-corrected chi connectivity index (χ2v) is 9.10. The molecule has 36 heavy (non-hydrogen) atoms. The van der Waals surface area contributed by atoms with E-state index in [4.69, 9.17) is 0 Å². The molecule has 0 bridgehead atoms. The molecule has 8 heteroatoms. The molecule has 180 valence electrons. The third kappa shape index (κ3) is 4.65. The highest BCUT2D eigenvalue weighted by Crippen LogP contribution is 2.26. The summed E-state index contributed by atoms with van der Waals surface area (Å²) in [6.45, 7) is 4.58. The average Bonchev–Trinajstić information content (AvgIpc) is 3.54. The Labute approximate surface area is 208 Å². The maximum Gasteiger partial charge on any atom is 0.335 e. The Balaban J connectivity index is 1.46. The van der Waals surface area contributed by atoms with Crippen molar-refractivity contribution in [3.63, 3.8) is 0 Å². The number of para-hydroxylation sites is 1. The van der Waals surface area contributed by atoms with Crippen LogP contribution in [0.4, 0.5) is 0 Å². The van der Waals surface area contributed by atoms with Gasteiger partial charge in [0, 0.05) is 23.0 Å². The highest BCUT2D eigenvalue weighted by molar-refractivity contribution is 5.95. The predicted octanol–water partition coefficient (Wildman–Crippen LogP) is 4.23. The lowest BCUT2D eigenvalue weighted by Crippen LogP contribution is -2.30. The van der Waals surface area contributed by atoms with E-state index in [1.807, 2.05) is 54.6 Å². The van der Waals surface area contributed by atoms with E-state index in [0.717, 1.165) is 28.1 Å². The van der Waals surface area contributed by atoms with Crippen molar-refractivity contribution in [2.75, 3.05) is 0 Å². The van der Waals surface area contributed by atoms with Gasteiger partial charge in [-0.2, -0.15) is 4.68 Å². The molecule has 2 aromatic heterocycles. The van der Waals surface area contributed by atoms with Crippen LogP contribution in [0.2, 0.25) is 0 Å². The van der Waals surface area contributed by atoms with Gasteiger partial charge in [-0.15, -0.1) is 5.10 Å². The minimum absolute atomic E-state index is 0.320. The third-order valence-corrected chi connectivity index (χ3v) is 6.02. The van der Waals surface area contributed by atoms with Crippen molar-refractivity contribution in [3.05, 3.63) is 119 Å². The summed E-state index contributed by atoms with van der Waals surface area (Å²) < 4.78 is 4.56. The number of hydrogen-bond acceptors (Lipinski definition) is 5. The molecule has 5 aromatic rings. The average molecular weight is 479 g/mol. The third-order valence-electron chi connectivity index (χ3n) is 6.02. The molecule has 0 amide bonds. The van der Waals surface area contributed by atoms with Gasteiger partial charge in [0.25, 0.3) is 5.91 Å². The van der Waals surface area contributed by atoms with Crippen LogP contribution in [0.1, 0.15) is 35.5 Å². The van der Waals surface area contributed by atoms with Crippen molar-refractivity contribution in [2.24, 2.45) is 5.92 Å². The zero-order valence-electron chi connectivity index (χ0n) is 20.2. The first-order valence-corrected chi connectivity index (χ1v) is 11.8. The van der Waals surface area contributed by atoms with Crippen LogP contribution in [0, 0.1) is 5.92 Å². The molecular weight excluding hydrogens is 452 g/mol. The smallest absolute Gasteiger partial charge is 0.292 e. The van der Waals surface area contributed by atoms with Crippen LogP contribution in [-0.4, -0.2) is 35.2 Å². The number of hydrogen-bond donors (Lipinski definition) is 0. The summed E-state index contributed by atoms with van der Waals surface area (Å²) in [7, 11) is 0. The summed E-state index contributed by atoms with van der Waals surface area (Å²) in [4.78, 5) is 26.4. The van der Waals surface area contributed by atoms with Crippen molar-refractivity contribution in [2.45, 2.75) is 26.8 Å². The fourth-order valence-corrected chi connectivity index (χ4v) is 4.30.